The lowest BCUT2D eigenvalue weighted by molar-refractivity contribution is 0.484. The van der Waals surface area contributed by atoms with Crippen molar-refractivity contribution in [2.45, 2.75) is 17.3 Å². The zero-order valence-corrected chi connectivity index (χ0v) is 11.5. The molecule has 1 fully saturated rings. The fourth-order valence-electron chi connectivity index (χ4n) is 1.70. The predicted octanol–water partition coefficient (Wildman–Crippen LogP) is 3.19. The van der Waals surface area contributed by atoms with Gasteiger partial charge in [-0.1, -0.05) is 11.6 Å². The summed E-state index contributed by atoms with van der Waals surface area (Å²) in [6.45, 7) is 0.591. The molecule has 3 rings (SSSR count). The van der Waals surface area contributed by atoms with Crippen LogP contribution in [0.25, 0.3) is 11.4 Å². The molecule has 0 amide bonds. The van der Waals surface area contributed by atoms with Gasteiger partial charge in [0.05, 0.1) is 6.54 Å². The largest absolute Gasteiger partial charge is 0.204 e. The van der Waals surface area contributed by atoms with E-state index in [1.807, 2.05) is 12.1 Å². The minimum atomic E-state index is -0.617. The Hall–Kier alpha value is -0.840. The third kappa shape index (κ3) is 2.46. The van der Waals surface area contributed by atoms with E-state index in [1.165, 1.54) is 4.80 Å². The second-order valence-corrected chi connectivity index (χ2v) is 6.32. The Morgan fingerprint density at radius 2 is 1.94 bits per heavy atom. The molecule has 0 N–H and O–H groups in total. The van der Waals surface area contributed by atoms with Gasteiger partial charge in [-0.25, -0.2) is 0 Å². The maximum absolute atomic E-state index is 5.96. The van der Waals surface area contributed by atoms with Crippen molar-refractivity contribution in [1.29, 1.82) is 0 Å². The van der Waals surface area contributed by atoms with Gasteiger partial charge in [0, 0.05) is 16.5 Å². The molecule has 1 aromatic carbocycles. The molecule has 0 unspecified atom stereocenters. The van der Waals surface area contributed by atoms with Crippen LogP contribution in [-0.2, 0) is 6.54 Å². The first-order valence-corrected chi connectivity index (χ1v) is 6.59. The Morgan fingerprint density at radius 3 is 2.56 bits per heavy atom. The second kappa shape index (κ2) is 4.37. The van der Waals surface area contributed by atoms with Crippen molar-refractivity contribution < 1.29 is 0 Å². The molecule has 2 aromatic rings. The fraction of sp³-hybridized carbons (Fsp3) is 0.364. The SMILES string of the molecule is Clc1ccc(-c2nnn(C[C@H]3CC3(Cl)Cl)n2)cc1. The first-order chi connectivity index (χ1) is 8.54. The van der Waals surface area contributed by atoms with Crippen LogP contribution < -0.4 is 0 Å². The zero-order chi connectivity index (χ0) is 12.8. The van der Waals surface area contributed by atoms with E-state index in [0.29, 0.717) is 17.4 Å². The predicted molar refractivity (Wildman–Crippen MR) is 70.8 cm³/mol. The van der Waals surface area contributed by atoms with Gasteiger partial charge in [-0.15, -0.1) is 33.4 Å². The molecule has 94 valence electrons. The molecule has 1 aromatic heterocycles. The lowest BCUT2D eigenvalue weighted by Crippen LogP contribution is -2.07. The molecule has 7 heteroatoms. The molecular formula is C11H9Cl3N4. The quantitative estimate of drug-likeness (QED) is 0.818. The normalized spacial score (nSPS) is 20.9. The Morgan fingerprint density at radius 1 is 1.28 bits per heavy atom. The number of tetrazole rings is 1. The molecule has 0 radical (unpaired) electrons. The van der Waals surface area contributed by atoms with Crippen molar-refractivity contribution in [2.24, 2.45) is 5.92 Å². The van der Waals surface area contributed by atoms with E-state index in [2.05, 4.69) is 15.4 Å². The van der Waals surface area contributed by atoms with Crippen molar-refractivity contribution in [3.63, 3.8) is 0 Å². The van der Waals surface area contributed by atoms with Gasteiger partial charge in [-0.05, 0) is 35.9 Å². The molecule has 1 saturated carbocycles. The molecular weight excluding hydrogens is 295 g/mol. The summed E-state index contributed by atoms with van der Waals surface area (Å²) in [6.07, 6.45) is 0.772. The van der Waals surface area contributed by atoms with Crippen LogP contribution in [0.1, 0.15) is 6.42 Å². The second-order valence-electron chi connectivity index (χ2n) is 4.34. The molecule has 1 aliphatic rings. The number of aromatic nitrogens is 4. The van der Waals surface area contributed by atoms with Crippen LogP contribution in [0.5, 0.6) is 0 Å². The van der Waals surface area contributed by atoms with Gasteiger partial charge < -0.3 is 0 Å². The number of hydrogen-bond acceptors (Lipinski definition) is 3. The number of halogens is 3. The Balaban J connectivity index is 1.75. The minimum Gasteiger partial charge on any atom is -0.163 e. The van der Waals surface area contributed by atoms with Gasteiger partial charge in [-0.3, -0.25) is 0 Å². The smallest absolute Gasteiger partial charge is 0.163 e. The molecule has 0 aliphatic heterocycles. The molecule has 0 spiro atoms. The summed E-state index contributed by atoms with van der Waals surface area (Å²) in [6, 6.07) is 7.30. The number of benzene rings is 1. The third-order valence-electron chi connectivity index (χ3n) is 2.89. The van der Waals surface area contributed by atoms with Crippen molar-refractivity contribution in [3.05, 3.63) is 29.3 Å². The maximum Gasteiger partial charge on any atom is 0.204 e. The van der Waals surface area contributed by atoms with E-state index in [0.717, 1.165) is 12.0 Å². The topological polar surface area (TPSA) is 43.6 Å². The van der Waals surface area contributed by atoms with Crippen molar-refractivity contribution >= 4 is 34.8 Å². The Labute approximate surface area is 119 Å². The Kier molecular flexibility index (Phi) is 2.96. The summed E-state index contributed by atoms with van der Waals surface area (Å²) in [4.78, 5) is 1.53. The van der Waals surface area contributed by atoms with Gasteiger partial charge in [0.25, 0.3) is 0 Å². The van der Waals surface area contributed by atoms with Crippen LogP contribution in [0, 0.1) is 5.92 Å². The van der Waals surface area contributed by atoms with Gasteiger partial charge in [0.1, 0.15) is 4.33 Å². The van der Waals surface area contributed by atoms with Crippen LogP contribution in [-0.4, -0.2) is 24.5 Å². The fourth-order valence-corrected chi connectivity index (χ4v) is 2.34. The number of nitrogens with zero attached hydrogens (tertiary/aromatic N) is 4. The monoisotopic (exact) mass is 302 g/mol. The van der Waals surface area contributed by atoms with E-state index in [9.17, 15) is 0 Å². The average molecular weight is 304 g/mol. The van der Waals surface area contributed by atoms with Gasteiger partial charge in [0.15, 0.2) is 0 Å². The van der Waals surface area contributed by atoms with Crippen LogP contribution >= 0.6 is 34.8 Å². The van der Waals surface area contributed by atoms with E-state index in [4.69, 9.17) is 34.8 Å². The highest BCUT2D eigenvalue weighted by Gasteiger charge is 2.52. The molecule has 1 atom stereocenters. The van der Waals surface area contributed by atoms with Crippen molar-refractivity contribution in [2.75, 3.05) is 0 Å². The highest BCUT2D eigenvalue weighted by Crippen LogP contribution is 2.53. The third-order valence-corrected chi connectivity index (χ3v) is 4.07. The summed E-state index contributed by atoms with van der Waals surface area (Å²) in [5.41, 5.74) is 0.879. The number of rotatable bonds is 3. The summed E-state index contributed by atoms with van der Waals surface area (Å²) in [5.74, 6) is 0.773. The van der Waals surface area contributed by atoms with E-state index >= 15 is 0 Å². The van der Waals surface area contributed by atoms with Crippen LogP contribution in [0.15, 0.2) is 24.3 Å². The maximum atomic E-state index is 5.96. The Bertz CT molecular complexity index is 564. The van der Waals surface area contributed by atoms with E-state index in [1.54, 1.807) is 12.1 Å². The standard InChI is InChI=1S/C11H9Cl3N4/c12-9-3-1-7(2-4-9)10-15-17-18(16-10)6-8-5-11(8,13)14/h1-4,8H,5-6H2/t8-/m1/s1. The summed E-state index contributed by atoms with van der Waals surface area (Å²) in [7, 11) is 0. The lowest BCUT2D eigenvalue weighted by Gasteiger charge is -1.98. The first kappa shape index (κ1) is 12.2. The molecule has 1 heterocycles. The van der Waals surface area contributed by atoms with Crippen LogP contribution in [0.3, 0.4) is 0 Å². The van der Waals surface area contributed by atoms with E-state index < -0.39 is 4.33 Å². The van der Waals surface area contributed by atoms with E-state index in [-0.39, 0.29) is 5.92 Å². The molecule has 4 nitrogen and oxygen atoms in total. The first-order valence-electron chi connectivity index (χ1n) is 5.46. The molecule has 0 saturated heterocycles. The van der Waals surface area contributed by atoms with Gasteiger partial charge in [0.2, 0.25) is 5.82 Å². The number of hydrogen-bond donors (Lipinski definition) is 0. The molecule has 18 heavy (non-hydrogen) atoms. The van der Waals surface area contributed by atoms with Crippen LogP contribution in [0.2, 0.25) is 5.02 Å². The van der Waals surface area contributed by atoms with Crippen molar-refractivity contribution in [3.8, 4) is 11.4 Å². The summed E-state index contributed by atoms with van der Waals surface area (Å²) in [5, 5.41) is 13.0. The van der Waals surface area contributed by atoms with Gasteiger partial charge >= 0.3 is 0 Å². The molecule has 1 aliphatic carbocycles. The summed E-state index contributed by atoms with van der Waals surface area (Å²) < 4.78 is -0.617. The summed E-state index contributed by atoms with van der Waals surface area (Å²) >= 11 is 17.7. The van der Waals surface area contributed by atoms with Crippen LogP contribution in [0.4, 0.5) is 0 Å². The zero-order valence-electron chi connectivity index (χ0n) is 9.22. The highest BCUT2D eigenvalue weighted by molar-refractivity contribution is 6.50. The highest BCUT2D eigenvalue weighted by atomic mass is 35.5. The average Bonchev–Trinajstić information content (AvgIpc) is 2.75. The number of alkyl halides is 2. The van der Waals surface area contributed by atoms with Crippen molar-refractivity contribution in [1.82, 2.24) is 20.2 Å². The molecule has 0 bridgehead atoms. The van der Waals surface area contributed by atoms with Gasteiger partial charge in [-0.2, -0.15) is 4.80 Å². The minimum absolute atomic E-state index is 0.202. The lowest BCUT2D eigenvalue weighted by atomic mass is 10.2.